The van der Waals surface area contributed by atoms with Crippen molar-refractivity contribution >= 4 is 29.4 Å². The van der Waals surface area contributed by atoms with Crippen molar-refractivity contribution in [3.63, 3.8) is 0 Å². The monoisotopic (exact) mass is 344 g/mol. The minimum atomic E-state index is 0.212. The normalized spacial score (nSPS) is 17.9. The number of amides is 1. The van der Waals surface area contributed by atoms with E-state index in [-0.39, 0.29) is 11.9 Å². The molecule has 0 spiro atoms. The smallest absolute Gasteiger partial charge is 0.233 e. The van der Waals surface area contributed by atoms with Gasteiger partial charge in [0, 0.05) is 36.2 Å². The Balaban J connectivity index is 1.58. The zero-order chi connectivity index (χ0) is 15.9. The number of hydrogen-bond acceptors (Lipinski definition) is 4. The van der Waals surface area contributed by atoms with Crippen molar-refractivity contribution in [2.75, 3.05) is 23.8 Å². The number of benzene rings is 1. The van der Waals surface area contributed by atoms with Crippen LogP contribution in [0.5, 0.6) is 0 Å². The predicted octanol–water partition coefficient (Wildman–Crippen LogP) is 3.63. The largest absolute Gasteiger partial charge is 0.333 e. The second-order valence-corrected chi connectivity index (χ2v) is 7.57. The summed E-state index contributed by atoms with van der Waals surface area (Å²) < 4.78 is 0. The summed E-state index contributed by atoms with van der Waals surface area (Å²) in [5.41, 5.74) is 2.46. The highest BCUT2D eigenvalue weighted by Gasteiger charge is 2.27. The zero-order valence-corrected chi connectivity index (χ0v) is 14.6. The standard InChI is InChI=1S/C18H20N2OS2/c21-18(14-23-12-15-6-8-19-9-7-15)20-10-11-22-13-17(20)16-4-2-1-3-5-16/h1-9,17H,10-14H2/t17-/m0/s1. The van der Waals surface area contributed by atoms with E-state index in [0.29, 0.717) is 5.75 Å². The lowest BCUT2D eigenvalue weighted by molar-refractivity contribution is -0.130. The summed E-state index contributed by atoms with van der Waals surface area (Å²) in [6, 6.07) is 14.6. The second kappa shape index (κ2) is 8.41. The van der Waals surface area contributed by atoms with Gasteiger partial charge in [0.05, 0.1) is 11.8 Å². The lowest BCUT2D eigenvalue weighted by Crippen LogP contribution is -2.41. The first-order chi connectivity index (χ1) is 11.3. The third kappa shape index (κ3) is 4.52. The van der Waals surface area contributed by atoms with Crippen LogP contribution in [0.2, 0.25) is 0 Å². The Hall–Kier alpha value is -1.46. The van der Waals surface area contributed by atoms with Crippen LogP contribution in [0.25, 0.3) is 0 Å². The first-order valence-electron chi connectivity index (χ1n) is 7.73. The number of carbonyl (C=O) groups is 1. The molecule has 1 aliphatic rings. The lowest BCUT2D eigenvalue weighted by atomic mass is 10.1. The van der Waals surface area contributed by atoms with E-state index in [0.717, 1.165) is 23.8 Å². The topological polar surface area (TPSA) is 33.2 Å². The van der Waals surface area contributed by atoms with Crippen LogP contribution in [0.15, 0.2) is 54.9 Å². The van der Waals surface area contributed by atoms with E-state index in [9.17, 15) is 4.79 Å². The Bertz CT molecular complexity index is 621. The first-order valence-corrected chi connectivity index (χ1v) is 10.0. The van der Waals surface area contributed by atoms with Gasteiger partial charge < -0.3 is 4.90 Å². The third-order valence-corrected chi connectivity index (χ3v) is 5.89. The average Bonchev–Trinajstić information content (AvgIpc) is 2.63. The maximum atomic E-state index is 12.7. The number of nitrogens with zero attached hydrogens (tertiary/aromatic N) is 2. The van der Waals surface area contributed by atoms with E-state index in [1.54, 1.807) is 24.2 Å². The minimum absolute atomic E-state index is 0.212. The highest BCUT2D eigenvalue weighted by Crippen LogP contribution is 2.30. The molecule has 23 heavy (non-hydrogen) atoms. The van der Waals surface area contributed by atoms with Crippen molar-refractivity contribution in [2.24, 2.45) is 0 Å². The maximum Gasteiger partial charge on any atom is 0.233 e. The molecule has 0 radical (unpaired) electrons. The minimum Gasteiger partial charge on any atom is -0.333 e. The van der Waals surface area contributed by atoms with E-state index in [4.69, 9.17) is 0 Å². The summed E-state index contributed by atoms with van der Waals surface area (Å²) >= 11 is 3.61. The van der Waals surface area contributed by atoms with Crippen LogP contribution in [0.1, 0.15) is 17.2 Å². The summed E-state index contributed by atoms with van der Waals surface area (Å²) in [7, 11) is 0. The number of rotatable bonds is 5. The number of hydrogen-bond donors (Lipinski definition) is 0. The molecule has 1 atom stereocenters. The van der Waals surface area contributed by atoms with Crippen molar-refractivity contribution in [2.45, 2.75) is 11.8 Å². The quantitative estimate of drug-likeness (QED) is 0.829. The fourth-order valence-corrected chi connectivity index (χ4v) is 4.63. The molecule has 1 fully saturated rings. The van der Waals surface area contributed by atoms with Gasteiger partial charge in [-0.2, -0.15) is 11.8 Å². The number of thioether (sulfide) groups is 2. The van der Waals surface area contributed by atoms with Crippen LogP contribution in [-0.2, 0) is 10.5 Å². The van der Waals surface area contributed by atoms with Gasteiger partial charge in [0.1, 0.15) is 0 Å². The predicted molar refractivity (Wildman–Crippen MR) is 98.6 cm³/mol. The fourth-order valence-electron chi connectivity index (χ4n) is 2.67. The van der Waals surface area contributed by atoms with Gasteiger partial charge in [-0.3, -0.25) is 9.78 Å². The van der Waals surface area contributed by atoms with E-state index < -0.39 is 0 Å². The summed E-state index contributed by atoms with van der Waals surface area (Å²) in [5, 5.41) is 0. The fraction of sp³-hybridized carbons (Fsp3) is 0.333. The Labute approximate surface area is 145 Å². The van der Waals surface area contributed by atoms with Gasteiger partial charge in [0.25, 0.3) is 0 Å². The van der Waals surface area contributed by atoms with E-state index >= 15 is 0 Å². The number of carbonyl (C=O) groups excluding carboxylic acids is 1. The zero-order valence-electron chi connectivity index (χ0n) is 12.9. The van der Waals surface area contributed by atoms with E-state index in [2.05, 4.69) is 34.1 Å². The highest BCUT2D eigenvalue weighted by molar-refractivity contribution is 7.99. The Morgan fingerprint density at radius 1 is 1.22 bits per heavy atom. The maximum absolute atomic E-state index is 12.7. The molecular formula is C18H20N2OS2. The average molecular weight is 345 g/mol. The Morgan fingerprint density at radius 3 is 2.78 bits per heavy atom. The second-order valence-electron chi connectivity index (χ2n) is 5.44. The summed E-state index contributed by atoms with van der Waals surface area (Å²) in [6.07, 6.45) is 3.59. The Morgan fingerprint density at radius 2 is 2.00 bits per heavy atom. The molecule has 1 aliphatic heterocycles. The van der Waals surface area contributed by atoms with Crippen LogP contribution in [0.4, 0.5) is 0 Å². The molecular weight excluding hydrogens is 324 g/mol. The van der Waals surface area contributed by atoms with Gasteiger partial charge in [-0.25, -0.2) is 0 Å². The van der Waals surface area contributed by atoms with Gasteiger partial charge in [-0.05, 0) is 23.3 Å². The molecule has 1 aromatic heterocycles. The van der Waals surface area contributed by atoms with E-state index in [1.165, 1.54) is 11.1 Å². The van der Waals surface area contributed by atoms with Gasteiger partial charge in [-0.15, -0.1) is 11.8 Å². The molecule has 1 aromatic carbocycles. The summed E-state index contributed by atoms with van der Waals surface area (Å²) in [6.45, 7) is 0.846. The van der Waals surface area contributed by atoms with Gasteiger partial charge in [-0.1, -0.05) is 30.3 Å². The SMILES string of the molecule is O=C(CSCc1ccncc1)N1CCSC[C@H]1c1ccccc1. The molecule has 3 nitrogen and oxygen atoms in total. The molecule has 0 bridgehead atoms. The van der Waals surface area contributed by atoms with Crippen LogP contribution < -0.4 is 0 Å². The molecule has 2 heterocycles. The molecule has 0 N–H and O–H groups in total. The molecule has 1 amide bonds. The van der Waals surface area contributed by atoms with Crippen molar-refractivity contribution in [3.8, 4) is 0 Å². The van der Waals surface area contributed by atoms with Crippen molar-refractivity contribution < 1.29 is 4.79 Å². The molecule has 5 heteroatoms. The molecule has 1 saturated heterocycles. The summed E-state index contributed by atoms with van der Waals surface area (Å²) in [4.78, 5) is 18.7. The van der Waals surface area contributed by atoms with Gasteiger partial charge in [0.15, 0.2) is 0 Å². The molecule has 0 aliphatic carbocycles. The van der Waals surface area contributed by atoms with Gasteiger partial charge >= 0.3 is 0 Å². The highest BCUT2D eigenvalue weighted by atomic mass is 32.2. The molecule has 2 aromatic rings. The molecule has 0 unspecified atom stereocenters. The van der Waals surface area contributed by atoms with Crippen LogP contribution in [-0.4, -0.2) is 39.6 Å². The Kier molecular flexibility index (Phi) is 6.00. The lowest BCUT2D eigenvalue weighted by Gasteiger charge is -2.35. The van der Waals surface area contributed by atoms with Crippen molar-refractivity contribution in [3.05, 3.63) is 66.0 Å². The molecule has 0 saturated carbocycles. The van der Waals surface area contributed by atoms with Crippen LogP contribution >= 0.6 is 23.5 Å². The number of pyridine rings is 1. The van der Waals surface area contributed by atoms with E-state index in [1.807, 2.05) is 30.0 Å². The van der Waals surface area contributed by atoms with Crippen molar-refractivity contribution in [1.29, 1.82) is 0 Å². The summed E-state index contributed by atoms with van der Waals surface area (Å²) in [5.74, 6) is 3.66. The molecule has 3 rings (SSSR count). The number of aromatic nitrogens is 1. The van der Waals surface area contributed by atoms with Crippen LogP contribution in [0.3, 0.4) is 0 Å². The first kappa shape index (κ1) is 16.4. The molecule has 120 valence electrons. The van der Waals surface area contributed by atoms with Crippen LogP contribution in [0, 0.1) is 0 Å². The third-order valence-electron chi connectivity index (χ3n) is 3.88. The van der Waals surface area contributed by atoms with Crippen molar-refractivity contribution in [1.82, 2.24) is 9.88 Å². The van der Waals surface area contributed by atoms with Gasteiger partial charge in [0.2, 0.25) is 5.91 Å².